The van der Waals surface area contributed by atoms with E-state index in [1.54, 1.807) is 4.90 Å². The number of carbonyl (C=O) groups is 2. The van der Waals surface area contributed by atoms with Gasteiger partial charge in [-0.05, 0) is 25.0 Å². The van der Waals surface area contributed by atoms with Gasteiger partial charge >= 0.3 is 0 Å². The molecule has 1 N–H and O–H groups in total. The number of carbonyl (C=O) groups excluding carboxylic acids is 2. The molecule has 4 rings (SSSR count). The Labute approximate surface area is 170 Å². The van der Waals surface area contributed by atoms with Gasteiger partial charge in [-0.15, -0.1) is 0 Å². The average molecular weight is 423 g/mol. The van der Waals surface area contributed by atoms with E-state index in [0.29, 0.717) is 44.6 Å². The fraction of sp³-hybridized carbons (Fsp3) is 0.579. The average Bonchev–Trinajstić information content (AvgIpc) is 3.50. The van der Waals surface area contributed by atoms with Crippen LogP contribution >= 0.6 is 0 Å². The van der Waals surface area contributed by atoms with Gasteiger partial charge in [0.05, 0.1) is 36.8 Å². The maximum atomic E-state index is 12.8. The molecule has 2 saturated heterocycles. The maximum Gasteiger partial charge on any atom is 0.243 e. The lowest BCUT2D eigenvalue weighted by Crippen LogP contribution is -2.40. The highest BCUT2D eigenvalue weighted by Crippen LogP contribution is 2.34. The fourth-order valence-electron chi connectivity index (χ4n) is 3.75. The number of nitrogens with one attached hydrogen (secondary N) is 1. The zero-order chi connectivity index (χ0) is 20.6. The number of likely N-dealkylation sites (tertiary alicyclic amines) is 1. The van der Waals surface area contributed by atoms with Crippen molar-refractivity contribution in [1.82, 2.24) is 9.21 Å². The number of rotatable bonds is 6. The standard InChI is InChI=1S/C19H25N3O6S/c1-27-17-11-15(29(25,26)21-6-8-28-9-7-21)4-5-16(17)20-19(24)13-10-18(23)22(12-13)14-2-3-14/h4-5,11,13-14H,2-3,6-10,12H2,1H3,(H,20,24)/t13-/m0/s1. The van der Waals surface area contributed by atoms with Crippen LogP contribution in [0, 0.1) is 5.92 Å². The molecule has 29 heavy (non-hydrogen) atoms. The van der Waals surface area contributed by atoms with Crippen LogP contribution in [0.4, 0.5) is 5.69 Å². The number of anilines is 1. The monoisotopic (exact) mass is 423 g/mol. The van der Waals surface area contributed by atoms with Crippen LogP contribution in [-0.2, 0) is 24.3 Å². The molecule has 1 atom stereocenters. The third-order valence-corrected chi connectivity index (χ3v) is 7.45. The van der Waals surface area contributed by atoms with E-state index in [-0.39, 0.29) is 28.9 Å². The van der Waals surface area contributed by atoms with Crippen molar-refractivity contribution < 1.29 is 27.5 Å². The molecule has 0 unspecified atom stereocenters. The second-order valence-corrected chi connectivity index (χ2v) is 9.48. The molecule has 2 heterocycles. The maximum absolute atomic E-state index is 12.8. The highest BCUT2D eigenvalue weighted by molar-refractivity contribution is 7.89. The summed E-state index contributed by atoms with van der Waals surface area (Å²) in [7, 11) is -2.24. The zero-order valence-electron chi connectivity index (χ0n) is 16.3. The largest absolute Gasteiger partial charge is 0.495 e. The van der Waals surface area contributed by atoms with Gasteiger partial charge in [-0.3, -0.25) is 9.59 Å². The van der Waals surface area contributed by atoms with E-state index in [9.17, 15) is 18.0 Å². The number of nitrogens with zero attached hydrogens (tertiary/aromatic N) is 2. The van der Waals surface area contributed by atoms with E-state index in [4.69, 9.17) is 9.47 Å². The Morgan fingerprint density at radius 3 is 2.62 bits per heavy atom. The van der Waals surface area contributed by atoms with Crippen LogP contribution < -0.4 is 10.1 Å². The molecule has 2 aliphatic heterocycles. The minimum Gasteiger partial charge on any atom is -0.495 e. The number of amides is 2. The van der Waals surface area contributed by atoms with Crippen molar-refractivity contribution in [3.63, 3.8) is 0 Å². The van der Waals surface area contributed by atoms with E-state index >= 15 is 0 Å². The summed E-state index contributed by atoms with van der Waals surface area (Å²) in [4.78, 5) is 26.6. The van der Waals surface area contributed by atoms with Gasteiger partial charge in [-0.1, -0.05) is 0 Å². The Morgan fingerprint density at radius 2 is 1.97 bits per heavy atom. The van der Waals surface area contributed by atoms with Crippen molar-refractivity contribution in [1.29, 1.82) is 0 Å². The molecular weight excluding hydrogens is 398 g/mol. The molecule has 2 amide bonds. The molecule has 1 aromatic carbocycles. The molecule has 1 aliphatic carbocycles. The van der Waals surface area contributed by atoms with Crippen molar-refractivity contribution in [2.45, 2.75) is 30.2 Å². The van der Waals surface area contributed by atoms with Crippen LogP contribution in [0.1, 0.15) is 19.3 Å². The Kier molecular flexibility index (Phi) is 5.50. The Balaban J connectivity index is 1.48. The summed E-state index contributed by atoms with van der Waals surface area (Å²) in [6, 6.07) is 4.69. The smallest absolute Gasteiger partial charge is 0.243 e. The minimum atomic E-state index is -3.66. The first-order valence-corrected chi connectivity index (χ1v) is 11.2. The molecule has 0 radical (unpaired) electrons. The van der Waals surface area contributed by atoms with Gasteiger partial charge in [0.2, 0.25) is 21.8 Å². The zero-order valence-corrected chi connectivity index (χ0v) is 17.1. The predicted octanol–water partition coefficient (Wildman–Crippen LogP) is 0.666. The first-order chi connectivity index (χ1) is 13.9. The fourth-order valence-corrected chi connectivity index (χ4v) is 5.18. The van der Waals surface area contributed by atoms with Crippen molar-refractivity contribution in [3.8, 4) is 5.75 Å². The lowest BCUT2D eigenvalue weighted by Gasteiger charge is -2.26. The Morgan fingerprint density at radius 1 is 1.24 bits per heavy atom. The molecular formula is C19H25N3O6S. The highest BCUT2D eigenvalue weighted by Gasteiger charge is 2.41. The van der Waals surface area contributed by atoms with Crippen LogP contribution in [-0.4, -0.2) is 75.4 Å². The van der Waals surface area contributed by atoms with Crippen LogP contribution in [0.2, 0.25) is 0 Å². The SMILES string of the molecule is COc1cc(S(=O)(=O)N2CCOCC2)ccc1NC(=O)[C@H]1CC(=O)N(C2CC2)C1. The molecule has 3 aliphatic rings. The number of benzene rings is 1. The molecule has 0 bridgehead atoms. The topological polar surface area (TPSA) is 105 Å². The van der Waals surface area contributed by atoms with Gasteiger partial charge in [0.25, 0.3) is 0 Å². The number of morpholine rings is 1. The number of sulfonamides is 1. The molecule has 3 fully saturated rings. The van der Waals surface area contributed by atoms with Crippen molar-refractivity contribution >= 4 is 27.5 Å². The molecule has 0 spiro atoms. The highest BCUT2D eigenvalue weighted by atomic mass is 32.2. The van der Waals surface area contributed by atoms with Gasteiger partial charge in [0, 0.05) is 38.2 Å². The quantitative estimate of drug-likeness (QED) is 0.721. The van der Waals surface area contributed by atoms with E-state index in [1.807, 2.05) is 0 Å². The first kappa shape index (κ1) is 20.1. The van der Waals surface area contributed by atoms with Crippen molar-refractivity contribution in [2.24, 2.45) is 5.92 Å². The molecule has 158 valence electrons. The summed E-state index contributed by atoms with van der Waals surface area (Å²) < 4.78 is 37.6. The third kappa shape index (κ3) is 4.10. The van der Waals surface area contributed by atoms with E-state index in [2.05, 4.69) is 5.32 Å². The van der Waals surface area contributed by atoms with Crippen LogP contribution in [0.5, 0.6) is 5.75 Å². The van der Waals surface area contributed by atoms with Gasteiger partial charge in [0.1, 0.15) is 5.75 Å². The molecule has 10 heteroatoms. The summed E-state index contributed by atoms with van der Waals surface area (Å²) in [5.74, 6) is -0.393. The minimum absolute atomic E-state index is 0.0200. The first-order valence-electron chi connectivity index (χ1n) is 9.76. The van der Waals surface area contributed by atoms with E-state index in [0.717, 1.165) is 12.8 Å². The van der Waals surface area contributed by atoms with Gasteiger partial charge < -0.3 is 19.7 Å². The Hall–Kier alpha value is -2.17. The van der Waals surface area contributed by atoms with E-state index in [1.165, 1.54) is 29.6 Å². The van der Waals surface area contributed by atoms with Gasteiger partial charge in [-0.2, -0.15) is 4.31 Å². The van der Waals surface area contributed by atoms with Crippen LogP contribution in [0.25, 0.3) is 0 Å². The lowest BCUT2D eigenvalue weighted by atomic mass is 10.1. The summed E-state index contributed by atoms with van der Waals surface area (Å²) in [5, 5.41) is 2.79. The molecule has 1 saturated carbocycles. The number of hydrogen-bond donors (Lipinski definition) is 1. The summed E-state index contributed by atoms with van der Waals surface area (Å²) in [5.41, 5.74) is 0.385. The third-order valence-electron chi connectivity index (χ3n) is 5.56. The summed E-state index contributed by atoms with van der Waals surface area (Å²) >= 11 is 0. The van der Waals surface area contributed by atoms with Gasteiger partial charge in [0.15, 0.2) is 0 Å². The number of methoxy groups -OCH3 is 1. The second-order valence-electron chi connectivity index (χ2n) is 7.55. The second kappa shape index (κ2) is 7.92. The number of ether oxygens (including phenoxy) is 2. The Bertz CT molecular complexity index is 909. The molecule has 9 nitrogen and oxygen atoms in total. The predicted molar refractivity (Wildman–Crippen MR) is 104 cm³/mol. The lowest BCUT2D eigenvalue weighted by molar-refractivity contribution is -0.128. The molecule has 0 aromatic heterocycles. The molecule has 1 aromatic rings. The van der Waals surface area contributed by atoms with Crippen LogP contribution in [0.15, 0.2) is 23.1 Å². The summed E-state index contributed by atoms with van der Waals surface area (Å²) in [6.07, 6.45) is 2.22. The van der Waals surface area contributed by atoms with E-state index < -0.39 is 15.9 Å². The van der Waals surface area contributed by atoms with Crippen molar-refractivity contribution in [3.05, 3.63) is 18.2 Å². The van der Waals surface area contributed by atoms with Crippen molar-refractivity contribution in [2.75, 3.05) is 45.3 Å². The van der Waals surface area contributed by atoms with Crippen LogP contribution in [0.3, 0.4) is 0 Å². The normalized spacial score (nSPS) is 23.3. The summed E-state index contributed by atoms with van der Waals surface area (Å²) in [6.45, 7) is 1.76. The van der Waals surface area contributed by atoms with Gasteiger partial charge in [-0.25, -0.2) is 8.42 Å². The number of hydrogen-bond acceptors (Lipinski definition) is 6.